The number of carbonyl (C=O) groups excluding carboxylic acids is 1. The number of nitrogens with one attached hydrogen (secondary N) is 2. The summed E-state index contributed by atoms with van der Waals surface area (Å²) in [5, 5.41) is 6.54. The standard InChI is InChI=1S/C17H27N3O2/c1-12-8-9-18-10-13(12)11-19-14-6-5-7-15(14)20-16(21)22-17(2,3)4/h8-10,14-15,19H,5-7,11H2,1-4H3,(H,20,21). The van der Waals surface area contributed by atoms with Gasteiger partial charge >= 0.3 is 6.09 Å². The Morgan fingerprint density at radius 1 is 1.36 bits per heavy atom. The highest BCUT2D eigenvalue weighted by Crippen LogP contribution is 2.20. The maximum atomic E-state index is 11.9. The van der Waals surface area contributed by atoms with Gasteiger partial charge < -0.3 is 15.4 Å². The minimum absolute atomic E-state index is 0.131. The summed E-state index contributed by atoms with van der Waals surface area (Å²) in [4.78, 5) is 16.1. The van der Waals surface area contributed by atoms with E-state index in [2.05, 4.69) is 22.5 Å². The number of hydrogen-bond acceptors (Lipinski definition) is 4. The van der Waals surface area contributed by atoms with Gasteiger partial charge in [0.25, 0.3) is 0 Å². The quantitative estimate of drug-likeness (QED) is 0.898. The molecule has 1 aliphatic carbocycles. The molecule has 0 aliphatic heterocycles. The second-order valence-corrected chi connectivity index (χ2v) is 6.97. The summed E-state index contributed by atoms with van der Waals surface area (Å²) in [7, 11) is 0. The molecule has 1 aromatic heterocycles. The number of pyridine rings is 1. The Kier molecular flexibility index (Phi) is 5.40. The average Bonchev–Trinajstić information content (AvgIpc) is 2.83. The third-order valence-electron chi connectivity index (χ3n) is 3.92. The molecule has 1 aliphatic rings. The zero-order valence-corrected chi connectivity index (χ0v) is 14.0. The van der Waals surface area contributed by atoms with E-state index in [1.807, 2.05) is 33.0 Å². The Morgan fingerprint density at radius 2 is 2.09 bits per heavy atom. The fourth-order valence-corrected chi connectivity index (χ4v) is 2.76. The summed E-state index contributed by atoms with van der Waals surface area (Å²) in [6, 6.07) is 2.43. The molecule has 2 rings (SSSR count). The van der Waals surface area contributed by atoms with Crippen LogP contribution in [0.3, 0.4) is 0 Å². The van der Waals surface area contributed by atoms with Gasteiger partial charge in [0.2, 0.25) is 0 Å². The van der Waals surface area contributed by atoms with Crippen molar-refractivity contribution in [3.05, 3.63) is 29.6 Å². The van der Waals surface area contributed by atoms with Crippen molar-refractivity contribution < 1.29 is 9.53 Å². The number of rotatable bonds is 4. The van der Waals surface area contributed by atoms with Crippen molar-refractivity contribution in [2.24, 2.45) is 0 Å². The van der Waals surface area contributed by atoms with Gasteiger partial charge in [-0.3, -0.25) is 4.98 Å². The lowest BCUT2D eigenvalue weighted by Gasteiger charge is -2.25. The molecule has 1 amide bonds. The number of nitrogens with zero attached hydrogens (tertiary/aromatic N) is 1. The van der Waals surface area contributed by atoms with E-state index in [1.165, 1.54) is 11.1 Å². The fraction of sp³-hybridized carbons (Fsp3) is 0.647. The minimum Gasteiger partial charge on any atom is -0.444 e. The number of alkyl carbamates (subject to hydrolysis) is 1. The lowest BCUT2D eigenvalue weighted by molar-refractivity contribution is 0.0498. The first-order valence-electron chi connectivity index (χ1n) is 7.97. The van der Waals surface area contributed by atoms with E-state index in [1.54, 1.807) is 6.20 Å². The summed E-state index contributed by atoms with van der Waals surface area (Å²) in [5.74, 6) is 0. The number of carbonyl (C=O) groups is 1. The van der Waals surface area contributed by atoms with Crippen LogP contribution < -0.4 is 10.6 Å². The third-order valence-corrected chi connectivity index (χ3v) is 3.92. The molecule has 0 spiro atoms. The van der Waals surface area contributed by atoms with Crippen molar-refractivity contribution in [2.45, 2.75) is 71.2 Å². The first kappa shape index (κ1) is 16.7. The number of hydrogen-bond donors (Lipinski definition) is 2. The summed E-state index contributed by atoms with van der Waals surface area (Å²) in [6.45, 7) is 8.49. The van der Waals surface area contributed by atoms with Crippen molar-refractivity contribution in [2.75, 3.05) is 0 Å². The first-order valence-corrected chi connectivity index (χ1v) is 7.97. The molecule has 2 atom stereocenters. The molecule has 2 unspecified atom stereocenters. The number of aromatic nitrogens is 1. The second-order valence-electron chi connectivity index (χ2n) is 6.97. The van der Waals surface area contributed by atoms with E-state index in [0.717, 1.165) is 25.8 Å². The normalized spacial score (nSPS) is 21.6. The lowest BCUT2D eigenvalue weighted by Crippen LogP contribution is -2.47. The number of aryl methyl sites for hydroxylation is 1. The number of amides is 1. The SMILES string of the molecule is Cc1ccncc1CNC1CCCC1NC(=O)OC(C)(C)C. The van der Waals surface area contributed by atoms with Gasteiger partial charge in [-0.2, -0.15) is 0 Å². The van der Waals surface area contributed by atoms with Crippen LogP contribution in [0.2, 0.25) is 0 Å². The molecule has 1 heterocycles. The van der Waals surface area contributed by atoms with Gasteiger partial charge in [-0.25, -0.2) is 4.79 Å². The van der Waals surface area contributed by atoms with E-state index in [9.17, 15) is 4.79 Å². The Labute approximate surface area is 132 Å². The number of ether oxygens (including phenoxy) is 1. The van der Waals surface area contributed by atoms with E-state index in [4.69, 9.17) is 4.74 Å². The minimum atomic E-state index is -0.460. The maximum absolute atomic E-state index is 11.9. The summed E-state index contributed by atoms with van der Waals surface area (Å²) < 4.78 is 5.34. The topological polar surface area (TPSA) is 63.2 Å². The highest BCUT2D eigenvalue weighted by molar-refractivity contribution is 5.68. The maximum Gasteiger partial charge on any atom is 0.407 e. The molecule has 1 fully saturated rings. The molecule has 2 N–H and O–H groups in total. The van der Waals surface area contributed by atoms with Crippen LogP contribution in [0.4, 0.5) is 4.79 Å². The van der Waals surface area contributed by atoms with E-state index in [-0.39, 0.29) is 18.2 Å². The Bertz CT molecular complexity index is 511. The second kappa shape index (κ2) is 7.09. The van der Waals surface area contributed by atoms with Gasteiger partial charge in [0.05, 0.1) is 0 Å². The van der Waals surface area contributed by atoms with Crippen LogP contribution in [0.25, 0.3) is 0 Å². The Morgan fingerprint density at radius 3 is 2.77 bits per heavy atom. The van der Waals surface area contributed by atoms with Crippen molar-refractivity contribution in [1.29, 1.82) is 0 Å². The lowest BCUT2D eigenvalue weighted by atomic mass is 10.1. The van der Waals surface area contributed by atoms with Gasteiger partial charge in [0.15, 0.2) is 0 Å². The molecular weight excluding hydrogens is 278 g/mol. The molecule has 5 nitrogen and oxygen atoms in total. The third kappa shape index (κ3) is 4.98. The van der Waals surface area contributed by atoms with Crippen LogP contribution in [0.15, 0.2) is 18.5 Å². The molecule has 1 saturated carbocycles. The fourth-order valence-electron chi connectivity index (χ4n) is 2.76. The van der Waals surface area contributed by atoms with Crippen LogP contribution >= 0.6 is 0 Å². The summed E-state index contributed by atoms with van der Waals surface area (Å²) in [6.07, 6.45) is 6.55. The summed E-state index contributed by atoms with van der Waals surface area (Å²) >= 11 is 0. The van der Waals surface area contributed by atoms with Crippen LogP contribution in [-0.2, 0) is 11.3 Å². The van der Waals surface area contributed by atoms with E-state index in [0.29, 0.717) is 0 Å². The average molecular weight is 305 g/mol. The highest BCUT2D eigenvalue weighted by Gasteiger charge is 2.29. The van der Waals surface area contributed by atoms with Crippen molar-refractivity contribution >= 4 is 6.09 Å². The molecule has 0 radical (unpaired) electrons. The smallest absolute Gasteiger partial charge is 0.407 e. The molecule has 1 aromatic rings. The zero-order chi connectivity index (χ0) is 16.2. The van der Waals surface area contributed by atoms with Crippen LogP contribution in [0.1, 0.15) is 51.2 Å². The van der Waals surface area contributed by atoms with Crippen molar-refractivity contribution in [3.8, 4) is 0 Å². The zero-order valence-electron chi connectivity index (χ0n) is 14.0. The van der Waals surface area contributed by atoms with E-state index < -0.39 is 5.60 Å². The Balaban J connectivity index is 1.86. The molecule has 0 saturated heterocycles. The van der Waals surface area contributed by atoms with Gasteiger partial charge in [-0.15, -0.1) is 0 Å². The van der Waals surface area contributed by atoms with Gasteiger partial charge in [-0.1, -0.05) is 0 Å². The molecule has 5 heteroatoms. The summed E-state index contributed by atoms with van der Waals surface area (Å²) in [5.41, 5.74) is 1.97. The molecule has 0 bridgehead atoms. The van der Waals surface area contributed by atoms with Crippen molar-refractivity contribution in [1.82, 2.24) is 15.6 Å². The van der Waals surface area contributed by atoms with Crippen molar-refractivity contribution in [3.63, 3.8) is 0 Å². The van der Waals surface area contributed by atoms with Crippen LogP contribution in [0, 0.1) is 6.92 Å². The molecule has 0 aromatic carbocycles. The Hall–Kier alpha value is -1.62. The van der Waals surface area contributed by atoms with E-state index >= 15 is 0 Å². The monoisotopic (exact) mass is 305 g/mol. The first-order chi connectivity index (χ1) is 10.3. The molecule has 122 valence electrons. The van der Waals surface area contributed by atoms with Gasteiger partial charge in [0, 0.05) is 31.0 Å². The molecule has 22 heavy (non-hydrogen) atoms. The molecular formula is C17H27N3O2. The predicted octanol–water partition coefficient (Wildman–Crippen LogP) is 2.93. The van der Waals surface area contributed by atoms with Crippen LogP contribution in [0.5, 0.6) is 0 Å². The largest absolute Gasteiger partial charge is 0.444 e. The van der Waals surface area contributed by atoms with Gasteiger partial charge in [-0.05, 0) is 64.2 Å². The van der Waals surface area contributed by atoms with Gasteiger partial charge in [0.1, 0.15) is 5.60 Å². The predicted molar refractivity (Wildman–Crippen MR) is 86.6 cm³/mol. The van der Waals surface area contributed by atoms with Crippen LogP contribution in [-0.4, -0.2) is 28.8 Å². The highest BCUT2D eigenvalue weighted by atomic mass is 16.6.